The van der Waals surface area contributed by atoms with Crippen molar-refractivity contribution in [1.29, 1.82) is 0 Å². The highest BCUT2D eigenvalue weighted by Crippen LogP contribution is 2.35. The van der Waals surface area contributed by atoms with Crippen LogP contribution in [-0.2, 0) is 0 Å². The van der Waals surface area contributed by atoms with Crippen LogP contribution in [-0.4, -0.2) is 19.5 Å². The molecule has 2 heterocycles. The molecule has 0 bridgehead atoms. The molecule has 0 spiro atoms. The van der Waals surface area contributed by atoms with Crippen molar-refractivity contribution in [3.63, 3.8) is 0 Å². The molecule has 4 nitrogen and oxygen atoms in total. The Labute approximate surface area is 342 Å². The van der Waals surface area contributed by atoms with E-state index in [9.17, 15) is 0 Å². The molecule has 0 aliphatic heterocycles. The summed E-state index contributed by atoms with van der Waals surface area (Å²) in [5, 5.41) is 4.86. The van der Waals surface area contributed by atoms with Crippen molar-refractivity contribution in [3.05, 3.63) is 218 Å². The fourth-order valence-corrected chi connectivity index (χ4v) is 8.37. The van der Waals surface area contributed by atoms with Crippen LogP contribution in [0.25, 0.3) is 106 Å². The number of hydrogen-bond acceptors (Lipinski definition) is 3. The van der Waals surface area contributed by atoms with Gasteiger partial charge >= 0.3 is 0 Å². The van der Waals surface area contributed by atoms with Crippen LogP contribution in [0.3, 0.4) is 0 Å². The predicted molar refractivity (Wildman–Crippen MR) is 244 cm³/mol. The van der Waals surface area contributed by atoms with Gasteiger partial charge in [0.25, 0.3) is 0 Å². The second-order valence-corrected chi connectivity index (χ2v) is 14.9. The normalized spacial score (nSPS) is 11.4. The minimum absolute atomic E-state index is 0.614. The number of aromatic nitrogens is 4. The van der Waals surface area contributed by atoms with Crippen molar-refractivity contribution < 1.29 is 0 Å². The van der Waals surface area contributed by atoms with Crippen LogP contribution in [0.4, 0.5) is 0 Å². The van der Waals surface area contributed by atoms with Crippen LogP contribution in [0.15, 0.2) is 218 Å². The summed E-state index contributed by atoms with van der Waals surface area (Å²) in [6.45, 7) is 0. The molecular formula is C55H36N4. The number of fused-ring (bicyclic) bond motifs is 4. The number of nitrogens with zero attached hydrogens (tertiary/aromatic N) is 4. The van der Waals surface area contributed by atoms with Crippen molar-refractivity contribution in [3.8, 4) is 73.2 Å². The van der Waals surface area contributed by atoms with Crippen molar-refractivity contribution in [1.82, 2.24) is 19.5 Å². The Morgan fingerprint density at radius 3 is 1.41 bits per heavy atom. The summed E-state index contributed by atoms with van der Waals surface area (Å²) in [5.74, 6) is 1.85. The summed E-state index contributed by atoms with van der Waals surface area (Å²) in [7, 11) is 0. The fraction of sp³-hybridized carbons (Fsp3) is 0. The molecule has 0 aliphatic carbocycles. The highest BCUT2D eigenvalue weighted by Gasteiger charge is 2.17. The maximum Gasteiger partial charge on any atom is 0.164 e. The van der Waals surface area contributed by atoms with Gasteiger partial charge in [-0.2, -0.15) is 0 Å². The van der Waals surface area contributed by atoms with Gasteiger partial charge in [-0.25, -0.2) is 15.0 Å². The lowest BCUT2D eigenvalue weighted by atomic mass is 9.97. The molecule has 0 amide bonds. The van der Waals surface area contributed by atoms with Gasteiger partial charge in [-0.1, -0.05) is 182 Å². The molecule has 0 atom stereocenters. The molecule has 0 N–H and O–H groups in total. The van der Waals surface area contributed by atoms with Crippen molar-refractivity contribution in [2.75, 3.05) is 0 Å². The summed E-state index contributed by atoms with van der Waals surface area (Å²) in [5.41, 5.74) is 13.1. The Bertz CT molecular complexity index is 3270. The second kappa shape index (κ2) is 14.5. The Morgan fingerprint density at radius 2 is 0.712 bits per heavy atom. The molecule has 0 unspecified atom stereocenters. The molecule has 2 aromatic heterocycles. The second-order valence-electron chi connectivity index (χ2n) is 14.9. The maximum absolute atomic E-state index is 5.22. The Morgan fingerprint density at radius 1 is 0.271 bits per heavy atom. The van der Waals surface area contributed by atoms with E-state index in [1.54, 1.807) is 0 Å². The van der Waals surface area contributed by atoms with Gasteiger partial charge in [0, 0.05) is 33.2 Å². The topological polar surface area (TPSA) is 43.6 Å². The highest BCUT2D eigenvalue weighted by molar-refractivity contribution is 6.09. The van der Waals surface area contributed by atoms with Gasteiger partial charge in [-0.15, -0.1) is 0 Å². The van der Waals surface area contributed by atoms with Crippen LogP contribution < -0.4 is 0 Å². The monoisotopic (exact) mass is 752 g/mol. The van der Waals surface area contributed by atoms with Gasteiger partial charge < -0.3 is 4.57 Å². The largest absolute Gasteiger partial charge is 0.309 e. The van der Waals surface area contributed by atoms with Gasteiger partial charge in [-0.05, 0) is 80.6 Å². The predicted octanol–water partition coefficient (Wildman–Crippen LogP) is 14.1. The fourth-order valence-electron chi connectivity index (χ4n) is 8.37. The van der Waals surface area contributed by atoms with E-state index in [1.165, 1.54) is 38.2 Å². The lowest BCUT2D eigenvalue weighted by Gasteiger charge is -2.13. The van der Waals surface area contributed by atoms with Gasteiger partial charge in [0.2, 0.25) is 0 Å². The molecule has 0 saturated heterocycles. The van der Waals surface area contributed by atoms with E-state index in [-0.39, 0.29) is 0 Å². The lowest BCUT2D eigenvalue weighted by molar-refractivity contribution is 1.07. The zero-order chi connectivity index (χ0) is 39.1. The lowest BCUT2D eigenvalue weighted by Crippen LogP contribution is -2.01. The van der Waals surface area contributed by atoms with Crippen LogP contribution in [0.2, 0.25) is 0 Å². The first-order valence-corrected chi connectivity index (χ1v) is 19.9. The SMILES string of the molecule is c1ccc(-c2cccc(-c3ccc(-c4nc(-c5cccc(-c6cccc7ccccc67)c5)nc(-c5cccc(-n6c7ccccc7c7ccccc76)c5)n4)cc3)c2)cc1. The summed E-state index contributed by atoms with van der Waals surface area (Å²) < 4.78 is 2.33. The summed E-state index contributed by atoms with van der Waals surface area (Å²) in [6, 6.07) is 77.0. The highest BCUT2D eigenvalue weighted by atomic mass is 15.0. The summed E-state index contributed by atoms with van der Waals surface area (Å²) >= 11 is 0. The van der Waals surface area contributed by atoms with Gasteiger partial charge in [0.05, 0.1) is 11.0 Å². The first-order chi connectivity index (χ1) is 29.2. The van der Waals surface area contributed by atoms with Crippen LogP contribution in [0.5, 0.6) is 0 Å². The minimum Gasteiger partial charge on any atom is -0.309 e. The molecule has 0 fully saturated rings. The third kappa shape index (κ3) is 6.34. The Kier molecular flexibility index (Phi) is 8.45. The summed E-state index contributed by atoms with van der Waals surface area (Å²) in [4.78, 5) is 15.6. The molecule has 0 saturated carbocycles. The van der Waals surface area contributed by atoms with E-state index in [0.717, 1.165) is 50.1 Å². The Balaban J connectivity index is 1.04. The summed E-state index contributed by atoms with van der Waals surface area (Å²) in [6.07, 6.45) is 0. The number of rotatable bonds is 7. The van der Waals surface area contributed by atoms with Crippen molar-refractivity contribution in [2.24, 2.45) is 0 Å². The van der Waals surface area contributed by atoms with Crippen LogP contribution >= 0.6 is 0 Å². The number of benzene rings is 9. The molecule has 276 valence electrons. The maximum atomic E-state index is 5.22. The quantitative estimate of drug-likeness (QED) is 0.163. The van der Waals surface area contributed by atoms with Crippen molar-refractivity contribution in [2.45, 2.75) is 0 Å². The molecule has 9 aromatic carbocycles. The van der Waals surface area contributed by atoms with E-state index in [1.807, 2.05) is 6.07 Å². The van der Waals surface area contributed by atoms with Crippen LogP contribution in [0, 0.1) is 0 Å². The molecule has 11 rings (SSSR count). The molecule has 11 aromatic rings. The third-order valence-electron chi connectivity index (χ3n) is 11.2. The smallest absolute Gasteiger partial charge is 0.164 e. The minimum atomic E-state index is 0.614. The molecule has 0 radical (unpaired) electrons. The van der Waals surface area contributed by atoms with Gasteiger partial charge in [0.15, 0.2) is 17.5 Å². The average Bonchev–Trinajstić information content (AvgIpc) is 3.66. The number of para-hydroxylation sites is 2. The number of hydrogen-bond donors (Lipinski definition) is 0. The first-order valence-electron chi connectivity index (χ1n) is 19.9. The van der Waals surface area contributed by atoms with Crippen LogP contribution in [0.1, 0.15) is 0 Å². The average molecular weight is 753 g/mol. The standard InChI is InChI=1S/C55H36N4/c1-2-14-37(15-3-1)41-18-10-19-42(34-41)38-30-32-40(33-31-38)53-56-54(44-21-11-20-43(35-44)48-27-13-17-39-16-4-5-24-47(39)48)58-55(57-53)45-22-12-23-46(36-45)59-51-28-8-6-25-49(51)50-26-7-9-29-52(50)59/h1-36H. The molecule has 4 heteroatoms. The van der Waals surface area contributed by atoms with E-state index in [4.69, 9.17) is 15.0 Å². The molecule has 0 aliphatic rings. The zero-order valence-electron chi connectivity index (χ0n) is 32.1. The van der Waals surface area contributed by atoms with Gasteiger partial charge in [-0.3, -0.25) is 0 Å². The van der Waals surface area contributed by atoms with E-state index in [0.29, 0.717) is 17.5 Å². The molecule has 59 heavy (non-hydrogen) atoms. The van der Waals surface area contributed by atoms with Crippen molar-refractivity contribution >= 4 is 32.6 Å². The van der Waals surface area contributed by atoms with E-state index < -0.39 is 0 Å². The molecular weight excluding hydrogens is 717 g/mol. The first kappa shape index (κ1) is 34.3. The zero-order valence-corrected chi connectivity index (χ0v) is 32.1. The van der Waals surface area contributed by atoms with E-state index >= 15 is 0 Å². The van der Waals surface area contributed by atoms with E-state index in [2.05, 4.69) is 217 Å². The Hall–Kier alpha value is -7.95. The van der Waals surface area contributed by atoms with Gasteiger partial charge in [0.1, 0.15) is 0 Å². The third-order valence-corrected chi connectivity index (χ3v) is 11.2.